The van der Waals surface area contributed by atoms with Crippen molar-refractivity contribution in [2.75, 3.05) is 0 Å². The van der Waals surface area contributed by atoms with Crippen LogP contribution in [0.3, 0.4) is 0 Å². The number of benzene rings is 7. The van der Waals surface area contributed by atoms with Crippen LogP contribution in [0.5, 0.6) is 0 Å². The molecule has 1 atom stereocenters. The van der Waals surface area contributed by atoms with Crippen LogP contribution in [0.2, 0.25) is 0 Å². The van der Waals surface area contributed by atoms with Gasteiger partial charge in [-0.05, 0) is 57.4 Å². The van der Waals surface area contributed by atoms with Crippen molar-refractivity contribution in [2.24, 2.45) is 9.98 Å². The van der Waals surface area contributed by atoms with Crippen LogP contribution < -0.4 is 5.32 Å². The zero-order valence-corrected chi connectivity index (χ0v) is 26.3. The van der Waals surface area contributed by atoms with E-state index in [4.69, 9.17) is 19.4 Å². The molecule has 1 unspecified atom stereocenters. The van der Waals surface area contributed by atoms with Crippen molar-refractivity contribution in [1.82, 2.24) is 10.3 Å². The van der Waals surface area contributed by atoms with E-state index in [2.05, 4.69) is 115 Å². The molecule has 0 amide bonds. The van der Waals surface area contributed by atoms with Crippen molar-refractivity contribution in [2.45, 2.75) is 6.17 Å². The number of nitrogens with one attached hydrogen (secondary N) is 1. The first-order valence-electron chi connectivity index (χ1n) is 16.5. The van der Waals surface area contributed by atoms with Crippen molar-refractivity contribution in [3.63, 3.8) is 0 Å². The molecule has 1 aliphatic heterocycles. The van der Waals surface area contributed by atoms with Gasteiger partial charge in [0.15, 0.2) is 11.4 Å². The fourth-order valence-electron chi connectivity index (χ4n) is 7.11. The summed E-state index contributed by atoms with van der Waals surface area (Å²) in [4.78, 5) is 15.4. The van der Waals surface area contributed by atoms with Crippen molar-refractivity contribution < 1.29 is 4.42 Å². The highest BCUT2D eigenvalue weighted by atomic mass is 16.3. The van der Waals surface area contributed by atoms with Crippen molar-refractivity contribution in [3.8, 4) is 11.3 Å². The molecule has 5 heteroatoms. The lowest BCUT2D eigenvalue weighted by molar-refractivity contribution is 0.668. The molecule has 230 valence electrons. The Labute approximate surface area is 281 Å². The predicted octanol–water partition coefficient (Wildman–Crippen LogP) is 10.6. The standard InChI is InChI=1S/C44H28N4O/c1-3-12-28(13-4-1)40-41-39(35-17-9-10-18-37(35)45-40)36-26-32(22-24-38(36)49-41)44-47-42(29-14-5-2-6-15-29)46-43(48-44)31-21-23-34-30(25-31)20-19-27-11-7-8-16-33(27)34/h1-26,42H,(H,46,47,48). The van der Waals surface area contributed by atoms with Crippen LogP contribution in [0.25, 0.3) is 65.6 Å². The molecule has 5 nitrogen and oxygen atoms in total. The number of hydrogen-bond donors (Lipinski definition) is 1. The summed E-state index contributed by atoms with van der Waals surface area (Å²) in [5, 5.41) is 11.6. The highest BCUT2D eigenvalue weighted by molar-refractivity contribution is 6.22. The average molecular weight is 629 g/mol. The van der Waals surface area contributed by atoms with Gasteiger partial charge in [-0.25, -0.2) is 15.0 Å². The smallest absolute Gasteiger partial charge is 0.162 e. The van der Waals surface area contributed by atoms with Gasteiger partial charge < -0.3 is 9.73 Å². The summed E-state index contributed by atoms with van der Waals surface area (Å²) < 4.78 is 6.59. The van der Waals surface area contributed by atoms with E-state index in [0.717, 1.165) is 66.6 Å². The number of aromatic nitrogens is 1. The van der Waals surface area contributed by atoms with E-state index in [1.54, 1.807) is 0 Å². The minimum atomic E-state index is -0.303. The van der Waals surface area contributed by atoms with Crippen LogP contribution in [0, 0.1) is 0 Å². The van der Waals surface area contributed by atoms with Crippen molar-refractivity contribution in [1.29, 1.82) is 0 Å². The Kier molecular flexibility index (Phi) is 6.18. The second kappa shape index (κ2) is 11.0. The van der Waals surface area contributed by atoms with Gasteiger partial charge in [-0.1, -0.05) is 127 Å². The van der Waals surface area contributed by atoms with Gasteiger partial charge in [0.05, 0.1) is 5.52 Å². The zero-order chi connectivity index (χ0) is 32.3. The van der Waals surface area contributed by atoms with Gasteiger partial charge in [-0.2, -0.15) is 0 Å². The van der Waals surface area contributed by atoms with Gasteiger partial charge in [-0.3, -0.25) is 0 Å². The summed E-state index contributed by atoms with van der Waals surface area (Å²) in [6, 6.07) is 54.6. The van der Waals surface area contributed by atoms with E-state index < -0.39 is 0 Å². The number of hydrogen-bond acceptors (Lipinski definition) is 5. The number of furan rings is 1. The Morgan fingerprint density at radius 1 is 0.531 bits per heavy atom. The summed E-state index contributed by atoms with van der Waals surface area (Å²) >= 11 is 0. The normalized spacial score (nSPS) is 14.7. The minimum absolute atomic E-state index is 0.303. The van der Waals surface area contributed by atoms with E-state index in [-0.39, 0.29) is 6.17 Å². The third-order valence-electron chi connectivity index (χ3n) is 9.49. The Bertz CT molecular complexity index is 2800. The number of aliphatic imine (C=N–C) groups is 2. The fourth-order valence-corrected chi connectivity index (χ4v) is 7.11. The Hall–Kier alpha value is -6.59. The van der Waals surface area contributed by atoms with Gasteiger partial charge >= 0.3 is 0 Å². The zero-order valence-electron chi connectivity index (χ0n) is 26.3. The Morgan fingerprint density at radius 2 is 1.24 bits per heavy atom. The third kappa shape index (κ3) is 4.59. The number of nitrogens with zero attached hydrogens (tertiary/aromatic N) is 3. The van der Waals surface area contributed by atoms with E-state index >= 15 is 0 Å². The monoisotopic (exact) mass is 628 g/mol. The lowest BCUT2D eigenvalue weighted by Gasteiger charge is -2.24. The molecule has 1 N–H and O–H groups in total. The molecule has 49 heavy (non-hydrogen) atoms. The van der Waals surface area contributed by atoms with Crippen molar-refractivity contribution >= 4 is 66.1 Å². The number of amidine groups is 2. The summed E-state index contributed by atoms with van der Waals surface area (Å²) in [5.74, 6) is 1.45. The summed E-state index contributed by atoms with van der Waals surface area (Å²) in [6.07, 6.45) is -0.303. The lowest BCUT2D eigenvalue weighted by Crippen LogP contribution is -2.33. The van der Waals surface area contributed by atoms with Crippen LogP contribution in [-0.2, 0) is 0 Å². The summed E-state index contributed by atoms with van der Waals surface area (Å²) in [5.41, 5.74) is 7.35. The number of rotatable bonds is 4. The van der Waals surface area contributed by atoms with E-state index in [1.165, 1.54) is 21.5 Å². The van der Waals surface area contributed by atoms with Gasteiger partial charge in [0.2, 0.25) is 0 Å². The molecule has 0 saturated heterocycles. The van der Waals surface area contributed by atoms with Gasteiger partial charge in [0, 0.05) is 32.8 Å². The predicted molar refractivity (Wildman–Crippen MR) is 201 cm³/mol. The molecular weight excluding hydrogens is 601 g/mol. The highest BCUT2D eigenvalue weighted by Gasteiger charge is 2.23. The third-order valence-corrected chi connectivity index (χ3v) is 9.49. The molecule has 1 aliphatic rings. The average Bonchev–Trinajstić information content (AvgIpc) is 3.57. The van der Waals surface area contributed by atoms with E-state index in [9.17, 15) is 0 Å². The van der Waals surface area contributed by atoms with Gasteiger partial charge in [-0.15, -0.1) is 0 Å². The molecule has 10 rings (SSSR count). The van der Waals surface area contributed by atoms with Crippen LogP contribution in [0.4, 0.5) is 0 Å². The maximum Gasteiger partial charge on any atom is 0.162 e. The van der Waals surface area contributed by atoms with E-state index in [1.807, 2.05) is 48.5 Å². The van der Waals surface area contributed by atoms with Crippen LogP contribution >= 0.6 is 0 Å². The van der Waals surface area contributed by atoms with Crippen LogP contribution in [-0.4, -0.2) is 16.7 Å². The second-order valence-corrected chi connectivity index (χ2v) is 12.5. The highest BCUT2D eigenvalue weighted by Crippen LogP contribution is 2.40. The lowest BCUT2D eigenvalue weighted by atomic mass is 9.99. The fraction of sp³-hybridized carbons (Fsp3) is 0.0227. The van der Waals surface area contributed by atoms with Crippen molar-refractivity contribution in [3.05, 3.63) is 174 Å². The summed E-state index contributed by atoms with van der Waals surface area (Å²) in [6.45, 7) is 0. The first-order valence-corrected chi connectivity index (χ1v) is 16.5. The molecule has 2 aromatic heterocycles. The van der Waals surface area contributed by atoms with Crippen LogP contribution in [0.1, 0.15) is 22.9 Å². The SMILES string of the molecule is c1ccc(-c2nc3ccccc3c3c2oc2ccc(C4=NC(c5ccccc5)NC(c5ccc6c(ccc7ccccc76)c5)=N4)cc23)cc1. The molecule has 0 aliphatic carbocycles. The molecule has 0 fully saturated rings. The topological polar surface area (TPSA) is 62.8 Å². The number of fused-ring (bicyclic) bond motifs is 8. The maximum atomic E-state index is 6.59. The maximum absolute atomic E-state index is 6.59. The first kappa shape index (κ1) is 27.5. The second-order valence-electron chi connectivity index (χ2n) is 12.5. The van der Waals surface area contributed by atoms with Gasteiger partial charge in [0.1, 0.15) is 23.3 Å². The number of pyridine rings is 1. The molecule has 7 aromatic carbocycles. The Balaban J connectivity index is 1.16. The number of para-hydroxylation sites is 1. The molecule has 3 heterocycles. The minimum Gasteiger partial charge on any atom is -0.454 e. The quantitative estimate of drug-likeness (QED) is 0.197. The first-order chi connectivity index (χ1) is 24.3. The largest absolute Gasteiger partial charge is 0.454 e. The van der Waals surface area contributed by atoms with Crippen LogP contribution in [0.15, 0.2) is 172 Å². The molecule has 9 aromatic rings. The van der Waals surface area contributed by atoms with Gasteiger partial charge in [0.25, 0.3) is 0 Å². The summed E-state index contributed by atoms with van der Waals surface area (Å²) in [7, 11) is 0. The molecule has 0 spiro atoms. The molecule has 0 saturated carbocycles. The Morgan fingerprint density at radius 3 is 2.12 bits per heavy atom. The molecule has 0 radical (unpaired) electrons. The molecule has 0 bridgehead atoms. The molecular formula is C44H28N4O. The van der Waals surface area contributed by atoms with E-state index in [0.29, 0.717) is 5.84 Å².